The van der Waals surface area contributed by atoms with Crippen LogP contribution in [0.2, 0.25) is 5.02 Å². The van der Waals surface area contributed by atoms with Crippen molar-refractivity contribution in [1.29, 1.82) is 0 Å². The molecule has 3 aromatic rings. The summed E-state index contributed by atoms with van der Waals surface area (Å²) < 4.78 is 1.09. The Morgan fingerprint density at radius 1 is 1.08 bits per heavy atom. The molecule has 0 unspecified atom stereocenters. The lowest BCUT2D eigenvalue weighted by molar-refractivity contribution is -0.138. The number of rotatable bonds is 4. The van der Waals surface area contributed by atoms with Crippen LogP contribution in [0.3, 0.4) is 0 Å². The van der Waals surface area contributed by atoms with E-state index < -0.39 is 0 Å². The summed E-state index contributed by atoms with van der Waals surface area (Å²) in [6, 6.07) is 8.98. The molecule has 3 aliphatic heterocycles. The highest BCUT2D eigenvalue weighted by molar-refractivity contribution is 7.19. The van der Waals surface area contributed by atoms with Gasteiger partial charge in [0.05, 0.1) is 16.8 Å². The van der Waals surface area contributed by atoms with Gasteiger partial charge in [0.15, 0.2) is 0 Å². The number of nitrogens with zero attached hydrogens (tertiary/aromatic N) is 4. The molecule has 0 bridgehead atoms. The van der Waals surface area contributed by atoms with Crippen LogP contribution in [0.4, 0.5) is 5.69 Å². The first kappa shape index (κ1) is 22.7. The summed E-state index contributed by atoms with van der Waals surface area (Å²) >= 11 is 8.32. The molecule has 0 atom stereocenters. The first-order chi connectivity index (χ1) is 17.4. The van der Waals surface area contributed by atoms with Gasteiger partial charge in [0, 0.05) is 71.4 Å². The molecule has 2 aromatic heterocycles. The zero-order valence-electron chi connectivity index (χ0n) is 20.4. The van der Waals surface area contributed by atoms with E-state index in [1.165, 1.54) is 47.6 Å². The predicted molar refractivity (Wildman–Crippen MR) is 143 cm³/mol. The molecule has 186 valence electrons. The highest BCUT2D eigenvalue weighted by atomic mass is 35.5. The van der Waals surface area contributed by atoms with E-state index in [0.29, 0.717) is 30.8 Å². The average molecular weight is 521 g/mol. The summed E-state index contributed by atoms with van der Waals surface area (Å²) in [7, 11) is 2.22. The van der Waals surface area contributed by atoms with Crippen molar-refractivity contribution in [1.82, 2.24) is 14.8 Å². The lowest BCUT2D eigenvalue weighted by atomic mass is 9.60. The molecule has 4 aliphatic rings. The monoisotopic (exact) mass is 520 g/mol. The van der Waals surface area contributed by atoms with Crippen molar-refractivity contribution in [2.24, 2.45) is 5.41 Å². The zero-order valence-corrected chi connectivity index (χ0v) is 22.0. The summed E-state index contributed by atoms with van der Waals surface area (Å²) in [6.45, 7) is 3.86. The average Bonchev–Trinajstić information content (AvgIpc) is 3.37. The Kier molecular flexibility index (Phi) is 5.21. The van der Waals surface area contributed by atoms with Crippen molar-refractivity contribution < 1.29 is 9.59 Å². The van der Waals surface area contributed by atoms with Gasteiger partial charge >= 0.3 is 0 Å². The largest absolute Gasteiger partial charge is 0.368 e. The smallest absolute Gasteiger partial charge is 0.230 e. The maximum absolute atomic E-state index is 12.2. The van der Waals surface area contributed by atoms with Crippen molar-refractivity contribution in [3.8, 4) is 11.1 Å². The fourth-order valence-electron chi connectivity index (χ4n) is 7.06. The second-order valence-electron chi connectivity index (χ2n) is 11.2. The van der Waals surface area contributed by atoms with Gasteiger partial charge in [-0.3, -0.25) is 19.5 Å². The molecular weight excluding hydrogens is 492 g/mol. The first-order valence-electron chi connectivity index (χ1n) is 12.9. The summed E-state index contributed by atoms with van der Waals surface area (Å²) in [6.07, 6.45) is 7.24. The van der Waals surface area contributed by atoms with Crippen LogP contribution in [0.1, 0.15) is 42.5 Å². The number of halogens is 1. The highest BCUT2D eigenvalue weighted by Crippen LogP contribution is 2.53. The minimum atomic E-state index is -0.0823. The fourth-order valence-corrected chi connectivity index (χ4v) is 8.43. The number of imide groups is 1. The van der Waals surface area contributed by atoms with Crippen LogP contribution >= 0.6 is 22.9 Å². The number of benzene rings is 1. The van der Waals surface area contributed by atoms with E-state index in [1.807, 2.05) is 12.3 Å². The number of aryl methyl sites for hydroxylation is 1. The number of pyridine rings is 1. The minimum absolute atomic E-state index is 0.0823. The number of likely N-dealkylation sites (tertiary alicyclic amines) is 2. The van der Waals surface area contributed by atoms with Crippen LogP contribution in [-0.4, -0.2) is 59.3 Å². The molecule has 0 radical (unpaired) electrons. The van der Waals surface area contributed by atoms with Gasteiger partial charge in [0.2, 0.25) is 11.8 Å². The second kappa shape index (κ2) is 8.27. The maximum Gasteiger partial charge on any atom is 0.230 e. The summed E-state index contributed by atoms with van der Waals surface area (Å²) in [4.78, 5) is 36.5. The minimum Gasteiger partial charge on any atom is -0.368 e. The molecule has 7 rings (SSSR count). The topological polar surface area (TPSA) is 56.8 Å². The van der Waals surface area contributed by atoms with E-state index in [2.05, 4.69) is 40.0 Å². The van der Waals surface area contributed by atoms with Crippen molar-refractivity contribution in [3.05, 3.63) is 45.9 Å². The third-order valence-corrected chi connectivity index (χ3v) is 9.86. The molecule has 1 saturated carbocycles. The van der Waals surface area contributed by atoms with E-state index in [9.17, 15) is 9.59 Å². The predicted octanol–water partition coefficient (Wildman–Crippen LogP) is 5.11. The third kappa shape index (κ3) is 3.58. The fraction of sp³-hybridized carbons (Fsp3) is 0.464. The summed E-state index contributed by atoms with van der Waals surface area (Å²) in [5.74, 6) is -0.165. The molecule has 2 amide bonds. The van der Waals surface area contributed by atoms with Crippen molar-refractivity contribution in [2.75, 3.05) is 31.6 Å². The van der Waals surface area contributed by atoms with E-state index in [4.69, 9.17) is 11.6 Å². The van der Waals surface area contributed by atoms with Crippen molar-refractivity contribution in [2.45, 2.75) is 51.1 Å². The van der Waals surface area contributed by atoms with E-state index in [1.54, 1.807) is 11.3 Å². The molecule has 0 N–H and O–H groups in total. The van der Waals surface area contributed by atoms with Crippen LogP contribution in [0.5, 0.6) is 0 Å². The van der Waals surface area contributed by atoms with Gasteiger partial charge in [-0.05, 0) is 68.0 Å². The zero-order chi connectivity index (χ0) is 24.6. The Morgan fingerprint density at radius 3 is 2.61 bits per heavy atom. The van der Waals surface area contributed by atoms with Gasteiger partial charge in [-0.2, -0.15) is 0 Å². The lowest BCUT2D eigenvalue weighted by Crippen LogP contribution is -2.65. The quantitative estimate of drug-likeness (QED) is 0.447. The number of hydrogen-bond acceptors (Lipinski definition) is 6. The van der Waals surface area contributed by atoms with Crippen LogP contribution in [0, 0.1) is 5.41 Å². The Bertz CT molecular complexity index is 1390. The standard InChI is InChI=1S/C28H29ClN4O2S/c1-31-15-28(16-31)12-19(13-28)32-8-2-3-17-9-18(29)10-22(26(17)32)21-6-7-30-23-11-20(36-27(21)23)14-33-24(34)4-5-25(33)35/h6-7,9-11,19H,2-5,8,12-16H2,1H3. The van der Waals surface area contributed by atoms with Gasteiger partial charge < -0.3 is 9.80 Å². The Morgan fingerprint density at radius 2 is 1.86 bits per heavy atom. The molecule has 6 nitrogen and oxygen atoms in total. The Balaban J connectivity index is 1.27. The van der Waals surface area contributed by atoms with Gasteiger partial charge in [-0.15, -0.1) is 11.3 Å². The normalized spacial score (nSPS) is 21.8. The van der Waals surface area contributed by atoms with Crippen LogP contribution < -0.4 is 4.90 Å². The molecule has 8 heteroatoms. The molecule has 2 saturated heterocycles. The number of amides is 2. The number of thiophene rings is 1. The van der Waals surface area contributed by atoms with Crippen LogP contribution in [0.15, 0.2) is 30.5 Å². The first-order valence-corrected chi connectivity index (χ1v) is 14.1. The van der Waals surface area contributed by atoms with Crippen LogP contribution in [-0.2, 0) is 22.6 Å². The van der Waals surface area contributed by atoms with E-state index in [0.717, 1.165) is 45.1 Å². The van der Waals surface area contributed by atoms with Crippen molar-refractivity contribution >= 4 is 50.7 Å². The van der Waals surface area contributed by atoms with Gasteiger partial charge in [0.1, 0.15) is 0 Å². The number of aromatic nitrogens is 1. The van der Waals surface area contributed by atoms with E-state index >= 15 is 0 Å². The lowest BCUT2D eigenvalue weighted by Gasteiger charge is -2.61. The molecule has 1 aromatic carbocycles. The molecule has 1 spiro atoms. The maximum atomic E-state index is 12.2. The second-order valence-corrected chi connectivity index (χ2v) is 12.7. The van der Waals surface area contributed by atoms with Gasteiger partial charge in [-0.1, -0.05) is 11.6 Å². The number of carbonyl (C=O) groups is 2. The van der Waals surface area contributed by atoms with Crippen LogP contribution in [0.25, 0.3) is 21.3 Å². The summed E-state index contributed by atoms with van der Waals surface area (Å²) in [5, 5.41) is 0.770. The molecular formula is C28H29ClN4O2S. The number of fused-ring (bicyclic) bond motifs is 2. The SMILES string of the molecule is CN1CC2(CC(N3CCCc4cc(Cl)cc(-c5ccnc6cc(CN7C(=O)CCC7=O)sc56)c43)C2)C1. The van der Waals surface area contributed by atoms with Gasteiger partial charge in [0.25, 0.3) is 0 Å². The van der Waals surface area contributed by atoms with Crippen molar-refractivity contribution in [3.63, 3.8) is 0 Å². The molecule has 3 fully saturated rings. The van der Waals surface area contributed by atoms with E-state index in [-0.39, 0.29) is 11.8 Å². The highest BCUT2D eigenvalue weighted by Gasteiger charge is 2.53. The Hall–Kier alpha value is -2.48. The van der Waals surface area contributed by atoms with Gasteiger partial charge in [-0.25, -0.2) is 0 Å². The summed E-state index contributed by atoms with van der Waals surface area (Å²) in [5.41, 5.74) is 6.43. The molecule has 1 aliphatic carbocycles. The molecule has 5 heterocycles. The molecule has 36 heavy (non-hydrogen) atoms. The third-order valence-electron chi connectivity index (χ3n) is 8.50. The number of hydrogen-bond donors (Lipinski definition) is 0. The number of anilines is 1. The Labute approximate surface area is 219 Å². The number of carbonyl (C=O) groups excluding carboxylic acids is 2.